The summed E-state index contributed by atoms with van der Waals surface area (Å²) in [6.45, 7) is 3.49. The number of nitrogens with one attached hydrogen (secondary N) is 1. The molecule has 0 aliphatic heterocycles. The van der Waals surface area contributed by atoms with Gasteiger partial charge in [0.2, 0.25) is 0 Å². The highest BCUT2D eigenvalue weighted by molar-refractivity contribution is 5.78. The van der Waals surface area contributed by atoms with Crippen LogP contribution in [0.1, 0.15) is 18.1 Å². The first-order valence-corrected chi connectivity index (χ1v) is 6.89. The third-order valence-corrected chi connectivity index (χ3v) is 2.84. The lowest BCUT2D eigenvalue weighted by atomic mass is 10.1. The van der Waals surface area contributed by atoms with Gasteiger partial charge in [-0.3, -0.25) is 0 Å². The molecule has 1 unspecified atom stereocenters. The van der Waals surface area contributed by atoms with Crippen molar-refractivity contribution in [3.63, 3.8) is 0 Å². The van der Waals surface area contributed by atoms with Crippen LogP contribution < -0.4 is 11.1 Å². The Hall–Kier alpha value is -1.66. The Morgan fingerprint density at radius 2 is 2.19 bits per heavy atom. The molecular weight excluding hydrogens is 271 g/mol. The van der Waals surface area contributed by atoms with Crippen molar-refractivity contribution < 1.29 is 9.13 Å². The molecule has 0 aromatic heterocycles. The monoisotopic (exact) mass is 296 g/mol. The second kappa shape index (κ2) is 8.59. The van der Waals surface area contributed by atoms with Gasteiger partial charge in [0.1, 0.15) is 5.82 Å². The normalized spacial score (nSPS) is 13.5. The molecule has 5 nitrogen and oxygen atoms in total. The van der Waals surface area contributed by atoms with Crippen LogP contribution in [0.5, 0.6) is 0 Å². The zero-order valence-electron chi connectivity index (χ0n) is 13.2. The molecule has 6 heteroatoms. The minimum Gasteiger partial charge on any atom is -0.383 e. The fourth-order valence-corrected chi connectivity index (χ4v) is 1.95. The molecule has 0 amide bonds. The molecule has 0 saturated carbocycles. The van der Waals surface area contributed by atoms with Crippen LogP contribution in [0.3, 0.4) is 0 Å². The maximum Gasteiger partial charge on any atom is 0.189 e. The highest BCUT2D eigenvalue weighted by Gasteiger charge is 2.05. The maximum atomic E-state index is 13.7. The molecule has 0 saturated heterocycles. The second-order valence-corrected chi connectivity index (χ2v) is 5.37. The highest BCUT2D eigenvalue weighted by atomic mass is 19.1. The Bertz CT molecular complexity index is 477. The van der Waals surface area contributed by atoms with E-state index in [1.165, 1.54) is 6.07 Å². The van der Waals surface area contributed by atoms with Crippen molar-refractivity contribution in [2.24, 2.45) is 10.7 Å². The van der Waals surface area contributed by atoms with Gasteiger partial charge in [-0.2, -0.15) is 0 Å². The summed E-state index contributed by atoms with van der Waals surface area (Å²) >= 11 is 0. The van der Waals surface area contributed by atoms with Crippen molar-refractivity contribution >= 4 is 5.96 Å². The molecular formula is C15H25FN4O. The smallest absolute Gasteiger partial charge is 0.189 e. The Morgan fingerprint density at radius 1 is 1.48 bits per heavy atom. The van der Waals surface area contributed by atoms with E-state index >= 15 is 0 Å². The summed E-state index contributed by atoms with van der Waals surface area (Å²) in [6.07, 6.45) is 0. The minimum absolute atomic E-state index is 0.0938. The number of halogens is 1. The molecule has 1 atom stereocenters. The number of benzene rings is 1. The number of hydrogen-bond acceptors (Lipinski definition) is 3. The standard InChI is InChI=1S/C15H25FN4O/c1-11(10-21-4)19-15(17)18-8-12-5-6-14(16)13(7-12)9-20(2)3/h5-7,11H,8-10H2,1-4H3,(H3,17,18,19). The van der Waals surface area contributed by atoms with E-state index in [2.05, 4.69) is 10.3 Å². The fourth-order valence-electron chi connectivity index (χ4n) is 1.95. The van der Waals surface area contributed by atoms with Crippen molar-refractivity contribution in [2.75, 3.05) is 27.8 Å². The van der Waals surface area contributed by atoms with Crippen LogP contribution >= 0.6 is 0 Å². The van der Waals surface area contributed by atoms with Gasteiger partial charge in [0, 0.05) is 25.3 Å². The van der Waals surface area contributed by atoms with Gasteiger partial charge in [0.05, 0.1) is 13.2 Å². The van der Waals surface area contributed by atoms with Crippen LogP contribution in [0.25, 0.3) is 0 Å². The van der Waals surface area contributed by atoms with E-state index < -0.39 is 0 Å². The molecule has 1 aromatic carbocycles. The van der Waals surface area contributed by atoms with Gasteiger partial charge in [-0.1, -0.05) is 6.07 Å². The first kappa shape index (κ1) is 17.4. The quantitative estimate of drug-likeness (QED) is 0.588. The number of aliphatic imine (C=N–C) groups is 1. The number of guanidine groups is 1. The molecule has 0 aliphatic carbocycles. The number of methoxy groups -OCH3 is 1. The molecule has 118 valence electrons. The zero-order valence-corrected chi connectivity index (χ0v) is 13.2. The Balaban J connectivity index is 2.66. The Labute approximate surface area is 126 Å². The van der Waals surface area contributed by atoms with Crippen LogP contribution in [-0.4, -0.2) is 44.7 Å². The molecule has 0 fully saturated rings. The molecule has 3 N–H and O–H groups in total. The third-order valence-electron chi connectivity index (χ3n) is 2.84. The third kappa shape index (κ3) is 6.55. The number of rotatable bonds is 7. The molecule has 21 heavy (non-hydrogen) atoms. The maximum absolute atomic E-state index is 13.7. The lowest BCUT2D eigenvalue weighted by Crippen LogP contribution is -2.40. The Kier molecular flexibility index (Phi) is 7.11. The summed E-state index contributed by atoms with van der Waals surface area (Å²) in [5.74, 6) is 0.161. The molecule has 0 heterocycles. The topological polar surface area (TPSA) is 62.9 Å². The van der Waals surface area contributed by atoms with E-state index in [4.69, 9.17) is 10.5 Å². The van der Waals surface area contributed by atoms with Crippen molar-refractivity contribution in [3.8, 4) is 0 Å². The number of hydrogen-bond donors (Lipinski definition) is 2. The second-order valence-electron chi connectivity index (χ2n) is 5.37. The van der Waals surface area contributed by atoms with Gasteiger partial charge in [0.15, 0.2) is 5.96 Å². The van der Waals surface area contributed by atoms with Crippen LogP contribution in [0, 0.1) is 5.82 Å². The van der Waals surface area contributed by atoms with Gasteiger partial charge >= 0.3 is 0 Å². The predicted octanol–water partition coefficient (Wildman–Crippen LogP) is 1.33. The van der Waals surface area contributed by atoms with Crippen molar-refractivity contribution in [1.29, 1.82) is 0 Å². The minimum atomic E-state index is -0.198. The summed E-state index contributed by atoms with van der Waals surface area (Å²) in [5.41, 5.74) is 7.39. The summed E-state index contributed by atoms with van der Waals surface area (Å²) in [6, 6.07) is 5.12. The first-order chi connectivity index (χ1) is 9.92. The van der Waals surface area contributed by atoms with Crippen LogP contribution in [-0.2, 0) is 17.8 Å². The number of ether oxygens (including phenoxy) is 1. The van der Waals surface area contributed by atoms with Crippen LogP contribution in [0.4, 0.5) is 4.39 Å². The van der Waals surface area contributed by atoms with Gasteiger partial charge in [0.25, 0.3) is 0 Å². The van der Waals surface area contributed by atoms with E-state index in [1.807, 2.05) is 32.0 Å². The molecule has 0 aliphatic rings. The average molecular weight is 296 g/mol. The van der Waals surface area contributed by atoms with Gasteiger partial charge in [-0.15, -0.1) is 0 Å². The summed E-state index contributed by atoms with van der Waals surface area (Å²) in [5, 5.41) is 3.03. The van der Waals surface area contributed by atoms with E-state index in [9.17, 15) is 4.39 Å². The van der Waals surface area contributed by atoms with E-state index in [1.54, 1.807) is 13.2 Å². The van der Waals surface area contributed by atoms with E-state index in [-0.39, 0.29) is 11.9 Å². The van der Waals surface area contributed by atoms with Crippen molar-refractivity contribution in [1.82, 2.24) is 10.2 Å². The summed E-state index contributed by atoms with van der Waals surface area (Å²) in [7, 11) is 5.45. The average Bonchev–Trinajstić information content (AvgIpc) is 2.39. The highest BCUT2D eigenvalue weighted by Crippen LogP contribution is 2.13. The molecule has 1 rings (SSSR count). The molecule has 0 spiro atoms. The molecule has 1 aromatic rings. The van der Waals surface area contributed by atoms with Gasteiger partial charge in [-0.25, -0.2) is 9.38 Å². The van der Waals surface area contributed by atoms with Gasteiger partial charge < -0.3 is 20.7 Å². The summed E-state index contributed by atoms with van der Waals surface area (Å²) < 4.78 is 18.7. The molecule has 0 radical (unpaired) electrons. The Morgan fingerprint density at radius 3 is 2.81 bits per heavy atom. The SMILES string of the molecule is COCC(C)NC(N)=NCc1ccc(F)c(CN(C)C)c1. The molecule has 0 bridgehead atoms. The largest absolute Gasteiger partial charge is 0.383 e. The van der Waals surface area contributed by atoms with E-state index in [0.29, 0.717) is 31.2 Å². The first-order valence-electron chi connectivity index (χ1n) is 6.89. The summed E-state index contributed by atoms with van der Waals surface area (Å²) in [4.78, 5) is 6.18. The van der Waals surface area contributed by atoms with Crippen LogP contribution in [0.2, 0.25) is 0 Å². The van der Waals surface area contributed by atoms with Crippen LogP contribution in [0.15, 0.2) is 23.2 Å². The fraction of sp³-hybridized carbons (Fsp3) is 0.533. The van der Waals surface area contributed by atoms with Gasteiger partial charge in [-0.05, 0) is 38.7 Å². The number of nitrogens with zero attached hydrogens (tertiary/aromatic N) is 2. The zero-order chi connectivity index (χ0) is 15.8. The van der Waals surface area contributed by atoms with Crippen molar-refractivity contribution in [3.05, 3.63) is 35.1 Å². The lowest BCUT2D eigenvalue weighted by molar-refractivity contribution is 0.179. The van der Waals surface area contributed by atoms with Crippen molar-refractivity contribution in [2.45, 2.75) is 26.1 Å². The lowest BCUT2D eigenvalue weighted by Gasteiger charge is -2.13. The number of nitrogens with two attached hydrogens (primary N) is 1. The predicted molar refractivity (Wildman–Crippen MR) is 83.6 cm³/mol. The van der Waals surface area contributed by atoms with E-state index in [0.717, 1.165) is 5.56 Å².